The van der Waals surface area contributed by atoms with E-state index in [9.17, 15) is 8.42 Å². The summed E-state index contributed by atoms with van der Waals surface area (Å²) >= 11 is 0. The highest BCUT2D eigenvalue weighted by molar-refractivity contribution is 7.89. The molecule has 1 aliphatic rings. The lowest BCUT2D eigenvalue weighted by Crippen LogP contribution is -2.32. The number of sulfonamides is 1. The van der Waals surface area contributed by atoms with E-state index in [1.54, 1.807) is 18.7 Å². The first-order valence-electron chi connectivity index (χ1n) is 7.29. The lowest BCUT2D eigenvalue weighted by atomic mass is 9.95. The molecule has 0 aliphatic carbocycles. The average molecular weight is 336 g/mol. The number of ether oxygens (including phenoxy) is 1. The Morgan fingerprint density at radius 1 is 1.26 bits per heavy atom. The summed E-state index contributed by atoms with van der Waals surface area (Å²) in [7, 11) is -0.261. The summed E-state index contributed by atoms with van der Waals surface area (Å²) in [5, 5.41) is 0.0579. The molecule has 1 aromatic carbocycles. The van der Waals surface area contributed by atoms with Crippen LogP contribution in [-0.4, -0.2) is 48.5 Å². The molecule has 0 bridgehead atoms. The third kappa shape index (κ3) is 2.97. The van der Waals surface area contributed by atoms with Crippen LogP contribution in [0.15, 0.2) is 41.8 Å². The predicted molar refractivity (Wildman–Crippen MR) is 85.7 cm³/mol. The number of nitrogens with two attached hydrogens (primary N) is 1. The van der Waals surface area contributed by atoms with Gasteiger partial charge in [0.2, 0.25) is 0 Å². The van der Waals surface area contributed by atoms with Crippen LogP contribution in [0.5, 0.6) is 5.75 Å². The number of benzene rings is 1. The molecule has 2 N–H and O–H groups in total. The van der Waals surface area contributed by atoms with E-state index in [1.807, 2.05) is 24.3 Å². The van der Waals surface area contributed by atoms with Crippen molar-refractivity contribution >= 4 is 10.0 Å². The van der Waals surface area contributed by atoms with E-state index in [0.29, 0.717) is 6.54 Å². The lowest BCUT2D eigenvalue weighted by Gasteiger charge is -2.15. The molecule has 0 unspecified atom stereocenters. The maximum Gasteiger partial charge on any atom is 0.262 e. The summed E-state index contributed by atoms with van der Waals surface area (Å²) in [6.45, 7) is 0.641. The van der Waals surface area contributed by atoms with Crippen molar-refractivity contribution in [2.24, 2.45) is 12.8 Å². The number of aryl methyl sites for hydroxylation is 1. The Bertz CT molecular complexity index is 785. The molecule has 124 valence electrons. The number of imidazole rings is 1. The molecule has 2 aromatic rings. The number of hydrogen-bond donors (Lipinski definition) is 1. The zero-order chi connectivity index (χ0) is 16.6. The van der Waals surface area contributed by atoms with Crippen LogP contribution in [0, 0.1) is 0 Å². The molecule has 2 atom stereocenters. The molecule has 23 heavy (non-hydrogen) atoms. The smallest absolute Gasteiger partial charge is 0.262 e. The molecule has 3 rings (SSSR count). The van der Waals surface area contributed by atoms with Crippen LogP contribution >= 0.6 is 0 Å². The Kier molecular flexibility index (Phi) is 4.13. The van der Waals surface area contributed by atoms with E-state index in [1.165, 1.54) is 16.8 Å². The van der Waals surface area contributed by atoms with Crippen molar-refractivity contribution in [2.75, 3.05) is 20.2 Å². The number of methoxy groups -OCH3 is 1. The molecule has 1 saturated heterocycles. The quantitative estimate of drug-likeness (QED) is 0.880. The minimum absolute atomic E-state index is 0.0422. The van der Waals surface area contributed by atoms with Gasteiger partial charge in [0.1, 0.15) is 5.75 Å². The van der Waals surface area contributed by atoms with Crippen LogP contribution in [0.4, 0.5) is 0 Å². The van der Waals surface area contributed by atoms with Gasteiger partial charge in [-0.1, -0.05) is 12.1 Å². The fourth-order valence-electron chi connectivity index (χ4n) is 2.85. The van der Waals surface area contributed by atoms with Gasteiger partial charge in [0.25, 0.3) is 10.0 Å². The van der Waals surface area contributed by atoms with Crippen LogP contribution in [0.1, 0.15) is 11.5 Å². The summed E-state index contributed by atoms with van der Waals surface area (Å²) in [6, 6.07) is 7.33. The minimum atomic E-state index is -3.61. The summed E-state index contributed by atoms with van der Waals surface area (Å²) in [5.74, 6) is 0.720. The van der Waals surface area contributed by atoms with Crippen molar-refractivity contribution in [1.29, 1.82) is 0 Å². The molecule has 1 fully saturated rings. The van der Waals surface area contributed by atoms with E-state index >= 15 is 0 Å². The molecule has 0 amide bonds. The number of hydrogen-bond acceptors (Lipinski definition) is 5. The Morgan fingerprint density at radius 3 is 2.52 bits per heavy atom. The standard InChI is InChI=1S/C15H20N4O3S/c1-18-9-15(17-10-18)23(20,21)19-7-13(14(16)8-19)11-3-5-12(22-2)6-4-11/h3-6,9-10,13-14H,7-8,16H2,1-2H3/t13-,14+/m1/s1. The monoisotopic (exact) mass is 336 g/mol. The highest BCUT2D eigenvalue weighted by Crippen LogP contribution is 2.30. The van der Waals surface area contributed by atoms with Crippen LogP contribution in [0.25, 0.3) is 0 Å². The van der Waals surface area contributed by atoms with Gasteiger partial charge >= 0.3 is 0 Å². The fraction of sp³-hybridized carbons (Fsp3) is 0.400. The van der Waals surface area contributed by atoms with E-state index < -0.39 is 10.0 Å². The summed E-state index contributed by atoms with van der Waals surface area (Å²) in [6.07, 6.45) is 2.98. The first-order valence-corrected chi connectivity index (χ1v) is 8.73. The van der Waals surface area contributed by atoms with Gasteiger partial charge in [0.05, 0.1) is 13.4 Å². The normalized spacial score (nSPS) is 22.4. The number of rotatable bonds is 4. The average Bonchev–Trinajstić information content (AvgIpc) is 3.14. The first kappa shape index (κ1) is 16.0. The largest absolute Gasteiger partial charge is 0.497 e. The van der Waals surface area contributed by atoms with Gasteiger partial charge in [-0.25, -0.2) is 13.4 Å². The fourth-order valence-corrected chi connectivity index (χ4v) is 4.32. The van der Waals surface area contributed by atoms with Crippen molar-refractivity contribution in [3.63, 3.8) is 0 Å². The van der Waals surface area contributed by atoms with Gasteiger partial charge in [-0.05, 0) is 17.7 Å². The molecule has 2 heterocycles. The number of aromatic nitrogens is 2. The molecular weight excluding hydrogens is 316 g/mol. The summed E-state index contributed by atoms with van der Waals surface area (Å²) in [4.78, 5) is 3.95. The van der Waals surface area contributed by atoms with Crippen molar-refractivity contribution in [2.45, 2.75) is 17.0 Å². The molecule has 1 aromatic heterocycles. The van der Waals surface area contributed by atoms with Gasteiger partial charge in [-0.3, -0.25) is 0 Å². The predicted octanol–water partition coefficient (Wildman–Crippen LogP) is 0.544. The first-order chi connectivity index (χ1) is 10.9. The Hall–Kier alpha value is -1.90. The number of nitrogens with zero attached hydrogens (tertiary/aromatic N) is 3. The van der Waals surface area contributed by atoms with E-state index in [-0.39, 0.29) is 23.5 Å². The Balaban J connectivity index is 1.82. The Labute approximate surface area is 135 Å². The second-order valence-electron chi connectivity index (χ2n) is 5.74. The van der Waals surface area contributed by atoms with E-state index in [4.69, 9.17) is 10.5 Å². The Morgan fingerprint density at radius 2 is 1.96 bits per heavy atom. The molecule has 0 spiro atoms. The lowest BCUT2D eigenvalue weighted by molar-refractivity contribution is 0.414. The molecule has 0 saturated carbocycles. The van der Waals surface area contributed by atoms with Crippen LogP contribution in [0.2, 0.25) is 0 Å². The third-order valence-corrected chi connectivity index (χ3v) is 5.88. The summed E-state index contributed by atoms with van der Waals surface area (Å²) in [5.41, 5.74) is 7.20. The topological polar surface area (TPSA) is 90.5 Å². The molecule has 1 aliphatic heterocycles. The molecule has 0 radical (unpaired) electrons. The van der Waals surface area contributed by atoms with Gasteiger partial charge in [-0.2, -0.15) is 4.31 Å². The van der Waals surface area contributed by atoms with Crippen LogP contribution in [-0.2, 0) is 17.1 Å². The van der Waals surface area contributed by atoms with Crippen molar-refractivity contribution in [3.05, 3.63) is 42.4 Å². The van der Waals surface area contributed by atoms with Crippen LogP contribution in [0.3, 0.4) is 0 Å². The highest BCUT2D eigenvalue weighted by Gasteiger charge is 2.39. The van der Waals surface area contributed by atoms with Crippen molar-refractivity contribution in [3.8, 4) is 5.75 Å². The SMILES string of the molecule is COc1ccc([C@H]2CN(S(=O)(=O)c3cn(C)cn3)C[C@@H]2N)cc1. The van der Waals surface area contributed by atoms with Crippen molar-refractivity contribution < 1.29 is 13.2 Å². The minimum Gasteiger partial charge on any atom is -0.497 e. The zero-order valence-electron chi connectivity index (χ0n) is 13.1. The van der Waals surface area contributed by atoms with Crippen LogP contribution < -0.4 is 10.5 Å². The molecule has 8 heteroatoms. The second kappa shape index (κ2) is 5.95. The zero-order valence-corrected chi connectivity index (χ0v) is 13.9. The maximum atomic E-state index is 12.6. The van der Waals surface area contributed by atoms with Gasteiger partial charge in [0, 0.05) is 38.3 Å². The second-order valence-corrected chi connectivity index (χ2v) is 7.63. The third-order valence-electron chi connectivity index (χ3n) is 4.16. The van der Waals surface area contributed by atoms with Gasteiger partial charge in [0.15, 0.2) is 5.03 Å². The highest BCUT2D eigenvalue weighted by atomic mass is 32.2. The maximum absolute atomic E-state index is 12.6. The summed E-state index contributed by atoms with van der Waals surface area (Å²) < 4.78 is 33.5. The van der Waals surface area contributed by atoms with E-state index in [2.05, 4.69) is 4.98 Å². The molecule has 7 nitrogen and oxygen atoms in total. The van der Waals surface area contributed by atoms with Crippen molar-refractivity contribution in [1.82, 2.24) is 13.9 Å². The van der Waals surface area contributed by atoms with E-state index in [0.717, 1.165) is 11.3 Å². The van der Waals surface area contributed by atoms with Gasteiger partial charge < -0.3 is 15.0 Å². The molecular formula is C15H20N4O3S. The van der Waals surface area contributed by atoms with Gasteiger partial charge in [-0.15, -0.1) is 0 Å².